The predicted octanol–water partition coefficient (Wildman–Crippen LogP) is 1.32. The van der Waals surface area contributed by atoms with Crippen LogP contribution in [-0.4, -0.2) is 48.5 Å². The number of carboxylic acid groups (broad SMARTS) is 1. The maximum atomic E-state index is 12.0. The second kappa shape index (κ2) is 9.00. The molecule has 0 radical (unpaired) electrons. The largest absolute Gasteiger partial charge is 0.481 e. The number of amides is 1. The lowest BCUT2D eigenvalue weighted by atomic mass is 9.69. The highest BCUT2D eigenvalue weighted by Crippen LogP contribution is 2.42. The SMILES string of the molecule is COCC(O)CCNC(=O)CC1(CC(=O)O)CCCCC1. The molecule has 0 aromatic carbocycles. The molecular weight excluding hydrogens is 274 g/mol. The quantitative estimate of drug-likeness (QED) is 0.597. The number of hydrogen-bond donors (Lipinski definition) is 3. The fourth-order valence-electron chi connectivity index (χ4n) is 3.10. The third-order valence-corrected chi connectivity index (χ3v) is 4.13. The number of rotatable bonds is 9. The van der Waals surface area contributed by atoms with E-state index in [0.29, 0.717) is 13.0 Å². The van der Waals surface area contributed by atoms with Crippen LogP contribution < -0.4 is 5.32 Å². The Balaban J connectivity index is 2.40. The van der Waals surface area contributed by atoms with Gasteiger partial charge in [-0.2, -0.15) is 0 Å². The molecule has 0 aromatic heterocycles. The lowest BCUT2D eigenvalue weighted by Gasteiger charge is -2.35. The van der Waals surface area contributed by atoms with Crippen molar-refractivity contribution >= 4 is 11.9 Å². The van der Waals surface area contributed by atoms with E-state index in [1.807, 2.05) is 0 Å². The second-order valence-electron chi connectivity index (χ2n) is 6.06. The molecule has 0 saturated heterocycles. The van der Waals surface area contributed by atoms with E-state index in [4.69, 9.17) is 9.84 Å². The molecule has 6 nitrogen and oxygen atoms in total. The number of nitrogens with one attached hydrogen (secondary N) is 1. The van der Waals surface area contributed by atoms with Crippen molar-refractivity contribution in [2.75, 3.05) is 20.3 Å². The molecule has 1 rings (SSSR count). The number of carbonyl (C=O) groups excluding carboxylic acids is 1. The number of methoxy groups -OCH3 is 1. The average Bonchev–Trinajstić information content (AvgIpc) is 2.38. The molecule has 1 fully saturated rings. The van der Waals surface area contributed by atoms with Gasteiger partial charge in [0.2, 0.25) is 5.91 Å². The molecule has 1 aliphatic rings. The minimum absolute atomic E-state index is 0.0622. The summed E-state index contributed by atoms with van der Waals surface area (Å²) in [4.78, 5) is 23.1. The first-order chi connectivity index (χ1) is 9.97. The maximum absolute atomic E-state index is 12.0. The Labute approximate surface area is 125 Å². The number of aliphatic hydroxyl groups is 1. The van der Waals surface area contributed by atoms with E-state index in [0.717, 1.165) is 32.1 Å². The normalized spacial score (nSPS) is 19.0. The number of ether oxygens (including phenoxy) is 1. The fourth-order valence-corrected chi connectivity index (χ4v) is 3.10. The van der Waals surface area contributed by atoms with Gasteiger partial charge in [-0.1, -0.05) is 19.3 Å². The smallest absolute Gasteiger partial charge is 0.303 e. The van der Waals surface area contributed by atoms with Gasteiger partial charge in [-0.15, -0.1) is 0 Å². The van der Waals surface area contributed by atoms with Crippen molar-refractivity contribution in [1.82, 2.24) is 5.32 Å². The summed E-state index contributed by atoms with van der Waals surface area (Å²) in [6, 6.07) is 0. The van der Waals surface area contributed by atoms with E-state index in [1.54, 1.807) is 0 Å². The molecule has 1 amide bonds. The van der Waals surface area contributed by atoms with Gasteiger partial charge in [0.1, 0.15) is 0 Å². The summed E-state index contributed by atoms with van der Waals surface area (Å²) >= 11 is 0. The zero-order valence-corrected chi connectivity index (χ0v) is 12.8. The van der Waals surface area contributed by atoms with Crippen molar-refractivity contribution in [2.45, 2.75) is 57.5 Å². The molecule has 1 saturated carbocycles. The highest BCUT2D eigenvalue weighted by molar-refractivity contribution is 5.78. The van der Waals surface area contributed by atoms with Crippen LogP contribution in [0.25, 0.3) is 0 Å². The molecule has 1 unspecified atom stereocenters. The Kier molecular flexibility index (Phi) is 7.67. The molecule has 6 heteroatoms. The van der Waals surface area contributed by atoms with Crippen LogP contribution in [0, 0.1) is 5.41 Å². The molecule has 0 aliphatic heterocycles. The number of hydrogen-bond acceptors (Lipinski definition) is 4. The van der Waals surface area contributed by atoms with Gasteiger partial charge in [0.25, 0.3) is 0 Å². The van der Waals surface area contributed by atoms with Crippen LogP contribution in [0.3, 0.4) is 0 Å². The number of aliphatic hydroxyl groups excluding tert-OH is 1. The zero-order chi connectivity index (χ0) is 15.7. The average molecular weight is 301 g/mol. The van der Waals surface area contributed by atoms with E-state index in [-0.39, 0.29) is 30.8 Å². The van der Waals surface area contributed by atoms with Gasteiger partial charge in [0.05, 0.1) is 19.1 Å². The lowest BCUT2D eigenvalue weighted by Crippen LogP contribution is -2.36. The summed E-state index contributed by atoms with van der Waals surface area (Å²) in [5, 5.41) is 21.3. The Hall–Kier alpha value is -1.14. The Morgan fingerprint density at radius 3 is 2.48 bits per heavy atom. The van der Waals surface area contributed by atoms with Crippen molar-refractivity contribution in [3.05, 3.63) is 0 Å². The lowest BCUT2D eigenvalue weighted by molar-refractivity contribution is -0.141. The molecule has 1 aliphatic carbocycles. The number of carbonyl (C=O) groups is 2. The molecule has 0 spiro atoms. The summed E-state index contributed by atoms with van der Waals surface area (Å²) in [7, 11) is 1.51. The second-order valence-corrected chi connectivity index (χ2v) is 6.06. The van der Waals surface area contributed by atoms with Crippen molar-refractivity contribution in [3.63, 3.8) is 0 Å². The van der Waals surface area contributed by atoms with Crippen LogP contribution in [0.1, 0.15) is 51.4 Å². The first kappa shape index (κ1) is 17.9. The summed E-state index contributed by atoms with van der Waals surface area (Å²) in [5.41, 5.74) is -0.390. The van der Waals surface area contributed by atoms with Crippen LogP contribution >= 0.6 is 0 Å². The molecule has 21 heavy (non-hydrogen) atoms. The summed E-state index contributed by atoms with van der Waals surface area (Å²) in [5.74, 6) is -0.956. The number of aliphatic carboxylic acids is 1. The molecule has 0 bridgehead atoms. The molecule has 0 aromatic rings. The van der Waals surface area contributed by atoms with Crippen LogP contribution in [0.2, 0.25) is 0 Å². The van der Waals surface area contributed by atoms with Gasteiger partial charge in [-0.3, -0.25) is 9.59 Å². The van der Waals surface area contributed by atoms with Gasteiger partial charge < -0.3 is 20.3 Å². The summed E-state index contributed by atoms with van der Waals surface area (Å²) in [6.07, 6.45) is 4.89. The highest BCUT2D eigenvalue weighted by Gasteiger charge is 2.36. The fraction of sp³-hybridized carbons (Fsp3) is 0.867. The van der Waals surface area contributed by atoms with Gasteiger partial charge >= 0.3 is 5.97 Å². The van der Waals surface area contributed by atoms with Crippen LogP contribution in [0.15, 0.2) is 0 Å². The van der Waals surface area contributed by atoms with Gasteiger partial charge in [-0.05, 0) is 24.7 Å². The van der Waals surface area contributed by atoms with Gasteiger partial charge in [0.15, 0.2) is 0 Å². The third kappa shape index (κ3) is 6.91. The third-order valence-electron chi connectivity index (χ3n) is 4.13. The molecule has 0 heterocycles. The maximum Gasteiger partial charge on any atom is 0.303 e. The van der Waals surface area contributed by atoms with E-state index < -0.39 is 12.1 Å². The summed E-state index contributed by atoms with van der Waals surface area (Å²) < 4.78 is 4.81. The molecule has 1 atom stereocenters. The van der Waals surface area contributed by atoms with Crippen molar-refractivity contribution in [2.24, 2.45) is 5.41 Å². The molecule has 3 N–H and O–H groups in total. The zero-order valence-electron chi connectivity index (χ0n) is 12.8. The minimum atomic E-state index is -0.833. The van der Waals surface area contributed by atoms with E-state index >= 15 is 0 Å². The minimum Gasteiger partial charge on any atom is -0.481 e. The summed E-state index contributed by atoms with van der Waals surface area (Å²) in [6.45, 7) is 0.630. The van der Waals surface area contributed by atoms with Gasteiger partial charge in [-0.25, -0.2) is 0 Å². The topological polar surface area (TPSA) is 95.9 Å². The first-order valence-corrected chi connectivity index (χ1v) is 7.63. The van der Waals surface area contributed by atoms with Gasteiger partial charge in [0, 0.05) is 20.1 Å². The number of carboxylic acids is 1. The van der Waals surface area contributed by atoms with E-state index in [2.05, 4.69) is 5.32 Å². The standard InChI is InChI=1S/C15H27NO5/c1-21-11-12(17)5-8-16-13(18)9-15(10-14(19)20)6-3-2-4-7-15/h12,17H,2-11H2,1H3,(H,16,18)(H,19,20). The van der Waals surface area contributed by atoms with E-state index in [9.17, 15) is 14.7 Å². The Morgan fingerprint density at radius 2 is 1.90 bits per heavy atom. The molecular formula is C15H27NO5. The highest BCUT2D eigenvalue weighted by atomic mass is 16.5. The Bertz CT molecular complexity index is 339. The first-order valence-electron chi connectivity index (χ1n) is 7.63. The predicted molar refractivity (Wildman–Crippen MR) is 77.9 cm³/mol. The van der Waals surface area contributed by atoms with Crippen LogP contribution in [-0.2, 0) is 14.3 Å². The van der Waals surface area contributed by atoms with Crippen molar-refractivity contribution in [1.29, 1.82) is 0 Å². The van der Waals surface area contributed by atoms with E-state index in [1.165, 1.54) is 7.11 Å². The van der Waals surface area contributed by atoms with Crippen molar-refractivity contribution < 1.29 is 24.5 Å². The van der Waals surface area contributed by atoms with Crippen LogP contribution in [0.4, 0.5) is 0 Å². The van der Waals surface area contributed by atoms with Crippen LogP contribution in [0.5, 0.6) is 0 Å². The molecule has 122 valence electrons. The Morgan fingerprint density at radius 1 is 1.24 bits per heavy atom. The monoisotopic (exact) mass is 301 g/mol. The van der Waals surface area contributed by atoms with Crippen molar-refractivity contribution in [3.8, 4) is 0 Å².